The maximum atomic E-state index is 12.6. The van der Waals surface area contributed by atoms with Crippen LogP contribution < -0.4 is 5.32 Å². The number of thioether (sulfide) groups is 1. The molecule has 1 saturated heterocycles. The van der Waals surface area contributed by atoms with Crippen molar-refractivity contribution < 1.29 is 29.0 Å². The summed E-state index contributed by atoms with van der Waals surface area (Å²) >= 11 is 2.70. The third-order valence-electron chi connectivity index (χ3n) is 4.18. The predicted octanol–water partition coefficient (Wildman–Crippen LogP) is 0.594. The van der Waals surface area contributed by atoms with Crippen LogP contribution in [0.2, 0.25) is 0 Å². The second-order valence-corrected chi connectivity index (χ2v) is 8.18. The Hall–Kier alpha value is -2.77. The number of carboxylic acids is 1. The van der Waals surface area contributed by atoms with Gasteiger partial charge in [0.2, 0.25) is 5.91 Å². The van der Waals surface area contributed by atoms with Crippen LogP contribution in [0.15, 0.2) is 28.8 Å². The van der Waals surface area contributed by atoms with E-state index >= 15 is 0 Å². The van der Waals surface area contributed by atoms with E-state index in [0.29, 0.717) is 0 Å². The van der Waals surface area contributed by atoms with E-state index in [2.05, 4.69) is 11.2 Å². The van der Waals surface area contributed by atoms with Gasteiger partial charge in [-0.2, -0.15) is 0 Å². The summed E-state index contributed by atoms with van der Waals surface area (Å²) in [6.07, 6.45) is 4.36. The van der Waals surface area contributed by atoms with Crippen molar-refractivity contribution in [3.8, 4) is 12.3 Å². The van der Waals surface area contributed by atoms with Gasteiger partial charge in [-0.25, -0.2) is 4.79 Å². The zero-order valence-corrected chi connectivity index (χ0v) is 16.3. The minimum atomic E-state index is -1.34. The number of thiophene rings is 1. The summed E-state index contributed by atoms with van der Waals surface area (Å²) in [5.74, 6) is -0.434. The molecule has 10 heteroatoms. The lowest BCUT2D eigenvalue weighted by molar-refractivity contribution is -0.151. The Labute approximate surface area is 168 Å². The molecule has 1 aromatic rings. The molecule has 2 aliphatic rings. The summed E-state index contributed by atoms with van der Waals surface area (Å²) in [6.45, 7) is 1.16. The van der Waals surface area contributed by atoms with Gasteiger partial charge >= 0.3 is 11.9 Å². The number of β-lactam (4-membered cyclic amide) rings is 1. The van der Waals surface area contributed by atoms with Crippen LogP contribution in [0.1, 0.15) is 11.8 Å². The summed E-state index contributed by atoms with van der Waals surface area (Å²) in [5, 5.41) is 13.6. The van der Waals surface area contributed by atoms with E-state index in [0.717, 1.165) is 16.7 Å². The van der Waals surface area contributed by atoms with E-state index in [9.17, 15) is 24.3 Å². The van der Waals surface area contributed by atoms with Gasteiger partial charge in [-0.1, -0.05) is 12.0 Å². The predicted molar refractivity (Wildman–Crippen MR) is 102 cm³/mol. The van der Waals surface area contributed by atoms with Crippen LogP contribution in [-0.2, 0) is 30.3 Å². The zero-order chi connectivity index (χ0) is 20.4. The van der Waals surface area contributed by atoms with Crippen molar-refractivity contribution >= 4 is 46.9 Å². The minimum Gasteiger partial charge on any atom is -0.477 e. The molecule has 0 aromatic carbocycles. The van der Waals surface area contributed by atoms with Gasteiger partial charge < -0.3 is 15.2 Å². The van der Waals surface area contributed by atoms with Crippen LogP contribution >= 0.6 is 23.1 Å². The monoisotopic (exact) mass is 420 g/mol. The topological polar surface area (TPSA) is 113 Å². The van der Waals surface area contributed by atoms with Crippen molar-refractivity contribution in [1.29, 1.82) is 0 Å². The number of amides is 2. The third kappa shape index (κ3) is 3.76. The highest BCUT2D eigenvalue weighted by atomic mass is 32.2. The van der Waals surface area contributed by atoms with Gasteiger partial charge in [0.15, 0.2) is 6.10 Å². The van der Waals surface area contributed by atoms with E-state index in [1.165, 1.54) is 23.1 Å². The molecule has 3 rings (SSSR count). The van der Waals surface area contributed by atoms with Crippen molar-refractivity contribution in [2.45, 2.75) is 30.9 Å². The Kier molecular flexibility index (Phi) is 5.76. The molecule has 3 heterocycles. The number of carboxylic acid groups (broad SMARTS) is 1. The second kappa shape index (κ2) is 8.08. The highest BCUT2D eigenvalue weighted by Gasteiger charge is 2.55. The Bertz CT molecular complexity index is 902. The van der Waals surface area contributed by atoms with Crippen LogP contribution in [0.5, 0.6) is 0 Å². The second-order valence-electron chi connectivity index (χ2n) is 6.05. The molecular formula is C18H16N2O6S2. The molecule has 1 unspecified atom stereocenters. The largest absolute Gasteiger partial charge is 0.477 e. The lowest BCUT2D eigenvalue weighted by atomic mass is 10.0. The fourth-order valence-corrected chi connectivity index (χ4v) is 5.09. The van der Waals surface area contributed by atoms with Gasteiger partial charge in [-0.3, -0.25) is 19.3 Å². The Morgan fingerprint density at radius 1 is 1.50 bits per heavy atom. The summed E-state index contributed by atoms with van der Waals surface area (Å²) in [7, 11) is 0. The van der Waals surface area contributed by atoms with Crippen LogP contribution in [0.4, 0.5) is 0 Å². The van der Waals surface area contributed by atoms with Gasteiger partial charge in [-0.05, 0) is 11.4 Å². The average molecular weight is 420 g/mol. The number of ether oxygens (including phenoxy) is 1. The summed E-state index contributed by atoms with van der Waals surface area (Å²) in [6, 6.07) is 2.84. The molecule has 146 valence electrons. The molecule has 0 bridgehead atoms. The molecule has 0 saturated carbocycles. The first-order valence-electron chi connectivity index (χ1n) is 8.19. The Morgan fingerprint density at radius 2 is 2.25 bits per heavy atom. The first kappa shape index (κ1) is 20.0. The molecule has 28 heavy (non-hydrogen) atoms. The van der Waals surface area contributed by atoms with Crippen LogP contribution in [-0.4, -0.2) is 57.0 Å². The van der Waals surface area contributed by atoms with E-state index < -0.39 is 35.4 Å². The minimum absolute atomic E-state index is 0.150. The van der Waals surface area contributed by atoms with E-state index in [1.54, 1.807) is 0 Å². The van der Waals surface area contributed by atoms with Crippen LogP contribution in [0, 0.1) is 12.3 Å². The fraction of sp³-hybridized carbons (Fsp3) is 0.333. The number of hydrogen-bond acceptors (Lipinski definition) is 7. The number of esters is 1. The standard InChI is InChI=1S/C18H16N2O6S2/c1-3-12(26-9(2)21)11-8-28-17-14(16(23)20(17)15(11)18(24)25)19-13(22)7-10-5-4-6-27-10/h1,4-6,12,14,17H,7-8H2,2H3,(H,19,22)(H,24,25)/t12?,14-,17-/m1/s1. The molecule has 1 aromatic heterocycles. The molecule has 2 N–H and O–H groups in total. The van der Waals surface area contributed by atoms with Gasteiger partial charge in [0.1, 0.15) is 17.1 Å². The van der Waals surface area contributed by atoms with E-state index in [-0.39, 0.29) is 29.4 Å². The smallest absolute Gasteiger partial charge is 0.352 e. The first-order chi connectivity index (χ1) is 13.3. The summed E-state index contributed by atoms with van der Waals surface area (Å²) in [5.41, 5.74) is -0.120. The molecular weight excluding hydrogens is 404 g/mol. The summed E-state index contributed by atoms with van der Waals surface area (Å²) in [4.78, 5) is 49.8. The SMILES string of the molecule is C#CC(OC(C)=O)C1=C(C(=O)O)N2C(=O)[C@@H](NC(=O)Cc3cccs3)[C@H]2SC1. The highest BCUT2D eigenvalue weighted by molar-refractivity contribution is 8.00. The van der Waals surface area contributed by atoms with Crippen molar-refractivity contribution in [3.63, 3.8) is 0 Å². The molecule has 0 aliphatic carbocycles. The van der Waals surface area contributed by atoms with Crippen molar-refractivity contribution in [2.24, 2.45) is 0 Å². The van der Waals surface area contributed by atoms with Crippen molar-refractivity contribution in [3.05, 3.63) is 33.7 Å². The van der Waals surface area contributed by atoms with Gasteiger partial charge in [0.05, 0.1) is 6.42 Å². The van der Waals surface area contributed by atoms with E-state index in [4.69, 9.17) is 11.2 Å². The maximum Gasteiger partial charge on any atom is 0.352 e. The molecule has 8 nitrogen and oxygen atoms in total. The number of hydrogen-bond donors (Lipinski definition) is 2. The molecule has 1 fully saturated rings. The molecule has 0 spiro atoms. The number of carbonyl (C=O) groups excluding carboxylic acids is 3. The quantitative estimate of drug-likeness (QED) is 0.393. The fourth-order valence-electron chi connectivity index (χ4n) is 3.01. The van der Waals surface area contributed by atoms with Gasteiger partial charge in [0, 0.05) is 23.1 Å². The number of nitrogens with zero attached hydrogens (tertiary/aromatic N) is 1. The number of nitrogens with one attached hydrogen (secondary N) is 1. The molecule has 2 amide bonds. The lowest BCUT2D eigenvalue weighted by Crippen LogP contribution is -2.70. The van der Waals surface area contributed by atoms with Crippen molar-refractivity contribution in [2.75, 3.05) is 5.75 Å². The van der Waals surface area contributed by atoms with Crippen LogP contribution in [0.3, 0.4) is 0 Å². The van der Waals surface area contributed by atoms with Gasteiger partial charge in [0.25, 0.3) is 5.91 Å². The number of rotatable bonds is 6. The van der Waals surface area contributed by atoms with Gasteiger partial charge in [-0.15, -0.1) is 29.5 Å². The third-order valence-corrected chi connectivity index (χ3v) is 6.36. The highest BCUT2D eigenvalue weighted by Crippen LogP contribution is 2.41. The maximum absolute atomic E-state index is 12.6. The van der Waals surface area contributed by atoms with Crippen molar-refractivity contribution in [1.82, 2.24) is 10.2 Å². The first-order valence-corrected chi connectivity index (χ1v) is 10.1. The number of carbonyl (C=O) groups is 4. The summed E-state index contributed by atoms with van der Waals surface area (Å²) < 4.78 is 5.00. The zero-order valence-electron chi connectivity index (χ0n) is 14.7. The Balaban J connectivity index is 1.77. The lowest BCUT2D eigenvalue weighted by Gasteiger charge is -2.49. The normalized spacial score (nSPS) is 21.9. The molecule has 3 atom stereocenters. The van der Waals surface area contributed by atoms with E-state index in [1.807, 2.05) is 17.5 Å². The number of fused-ring (bicyclic) bond motifs is 1. The van der Waals surface area contributed by atoms with Crippen LogP contribution in [0.25, 0.3) is 0 Å². The molecule has 0 radical (unpaired) electrons. The average Bonchev–Trinajstić information content (AvgIpc) is 3.15. The number of aliphatic carboxylic acids is 1. The number of terminal acetylenes is 1. The molecule has 2 aliphatic heterocycles. The Morgan fingerprint density at radius 3 is 2.82 bits per heavy atom.